The lowest BCUT2D eigenvalue weighted by Gasteiger charge is -2.17. The van der Waals surface area contributed by atoms with E-state index in [2.05, 4.69) is 10.3 Å². The van der Waals surface area contributed by atoms with Crippen molar-refractivity contribution in [1.29, 1.82) is 0 Å². The molecule has 0 aliphatic carbocycles. The van der Waals surface area contributed by atoms with Gasteiger partial charge >= 0.3 is 12.0 Å². The van der Waals surface area contributed by atoms with Gasteiger partial charge in [-0.3, -0.25) is 14.6 Å². The van der Waals surface area contributed by atoms with Crippen LogP contribution in [-0.4, -0.2) is 42.3 Å². The van der Waals surface area contributed by atoms with E-state index in [-0.39, 0.29) is 18.9 Å². The number of carboxylic acids is 1. The van der Waals surface area contributed by atoms with Gasteiger partial charge in [0.25, 0.3) is 0 Å². The van der Waals surface area contributed by atoms with Crippen molar-refractivity contribution in [3.05, 3.63) is 95.6 Å². The van der Waals surface area contributed by atoms with Gasteiger partial charge in [0, 0.05) is 23.9 Å². The summed E-state index contributed by atoms with van der Waals surface area (Å²) in [5.41, 5.74) is 9.86. The molecule has 3 aromatic rings. The van der Waals surface area contributed by atoms with Crippen LogP contribution in [0.4, 0.5) is 16.2 Å². The number of fused-ring (bicyclic) bond motifs is 1. The van der Waals surface area contributed by atoms with Crippen molar-refractivity contribution in [2.24, 2.45) is 10.7 Å². The van der Waals surface area contributed by atoms with Gasteiger partial charge in [0.05, 0.1) is 17.8 Å². The average Bonchev–Trinajstić information content (AvgIpc) is 2.97. The van der Waals surface area contributed by atoms with Crippen molar-refractivity contribution in [2.75, 3.05) is 23.8 Å². The van der Waals surface area contributed by atoms with E-state index < -0.39 is 12.0 Å². The van der Waals surface area contributed by atoms with Gasteiger partial charge in [0.2, 0.25) is 5.91 Å². The van der Waals surface area contributed by atoms with Crippen molar-refractivity contribution in [1.82, 2.24) is 0 Å². The summed E-state index contributed by atoms with van der Waals surface area (Å²) in [6.45, 7) is 4.19. The summed E-state index contributed by atoms with van der Waals surface area (Å²) in [7, 11) is 1.80. The summed E-state index contributed by atoms with van der Waals surface area (Å²) in [6, 6.07) is 23.7. The molecule has 0 radical (unpaired) electrons. The number of primary amides is 1. The molecule has 1 aliphatic heterocycles. The number of urea groups is 1. The summed E-state index contributed by atoms with van der Waals surface area (Å²) >= 11 is 0. The van der Waals surface area contributed by atoms with Gasteiger partial charge < -0.3 is 21.1 Å². The zero-order valence-corrected chi connectivity index (χ0v) is 20.1. The second-order valence-corrected chi connectivity index (χ2v) is 7.26. The van der Waals surface area contributed by atoms with Gasteiger partial charge in [0.15, 0.2) is 0 Å². The minimum atomic E-state index is -0.916. The van der Waals surface area contributed by atoms with Crippen molar-refractivity contribution in [3.8, 4) is 0 Å². The molecule has 0 fully saturated rings. The number of likely N-dealkylation sites (N-methyl/N-ethyl adjacent to an activating group) is 1. The number of amides is 3. The van der Waals surface area contributed by atoms with Gasteiger partial charge in [-0.2, -0.15) is 0 Å². The van der Waals surface area contributed by atoms with E-state index in [0.717, 1.165) is 22.5 Å². The summed E-state index contributed by atoms with van der Waals surface area (Å²) in [6.07, 6.45) is -0.0751. The van der Waals surface area contributed by atoms with E-state index in [9.17, 15) is 14.4 Å². The number of nitrogens with one attached hydrogen (secondary N) is 1. The van der Waals surface area contributed by atoms with Crippen LogP contribution in [0.1, 0.15) is 30.5 Å². The van der Waals surface area contributed by atoms with Crippen LogP contribution in [0.2, 0.25) is 0 Å². The number of benzodiazepines with no additional fused rings is 1. The van der Waals surface area contributed by atoms with Gasteiger partial charge in [-0.05, 0) is 23.8 Å². The Labute approximate surface area is 205 Å². The highest BCUT2D eigenvalue weighted by molar-refractivity contribution is 6.19. The number of benzene rings is 3. The summed E-state index contributed by atoms with van der Waals surface area (Å²) in [5.74, 6) is -0.903. The monoisotopic (exact) mass is 474 g/mol. The van der Waals surface area contributed by atoms with Crippen LogP contribution in [0.25, 0.3) is 0 Å². The number of aliphatic imine (C=N–C) groups is 1. The molecule has 1 heterocycles. The molecule has 0 saturated carbocycles. The number of carboxylic acid groups (broad SMARTS) is 1. The van der Waals surface area contributed by atoms with E-state index in [1.54, 1.807) is 36.2 Å². The molecule has 0 bridgehead atoms. The Morgan fingerprint density at radius 1 is 1.00 bits per heavy atom. The Balaban J connectivity index is 0.000000241. The van der Waals surface area contributed by atoms with Gasteiger partial charge in [0.1, 0.15) is 6.54 Å². The third-order valence-corrected chi connectivity index (χ3v) is 4.86. The Morgan fingerprint density at radius 3 is 2.31 bits per heavy atom. The lowest BCUT2D eigenvalue weighted by atomic mass is 10.0. The molecule has 0 unspecified atom stereocenters. The molecule has 0 atom stereocenters. The maximum Gasteiger partial charge on any atom is 0.316 e. The SMILES string of the molecule is CC.CN1C(=O)CN=C(c2ccccc2)c2ccccc21.NC(=O)Nc1cccc(CC(=O)O)c1. The highest BCUT2D eigenvalue weighted by Crippen LogP contribution is 2.25. The van der Waals surface area contributed by atoms with Crippen LogP contribution in [0.5, 0.6) is 0 Å². The van der Waals surface area contributed by atoms with Crippen molar-refractivity contribution < 1.29 is 19.5 Å². The molecule has 35 heavy (non-hydrogen) atoms. The molecule has 3 aromatic carbocycles. The minimum absolute atomic E-state index is 0.0124. The topological polar surface area (TPSA) is 125 Å². The number of hydrogen-bond acceptors (Lipinski definition) is 4. The van der Waals surface area contributed by atoms with E-state index in [1.165, 1.54) is 0 Å². The zero-order chi connectivity index (χ0) is 25.8. The number of carbonyl (C=O) groups is 3. The Bertz CT molecular complexity index is 1160. The number of carbonyl (C=O) groups excluding carboxylic acids is 2. The van der Waals surface area contributed by atoms with E-state index in [0.29, 0.717) is 11.3 Å². The molecule has 4 N–H and O–H groups in total. The first-order valence-electron chi connectivity index (χ1n) is 11.2. The molecule has 0 saturated heterocycles. The van der Waals surface area contributed by atoms with Crippen LogP contribution < -0.4 is 16.0 Å². The standard InChI is InChI=1S/C16H14N2O.C9H10N2O3.C2H6/c1-18-14-10-6-5-9-13(14)16(17-11-15(18)19)12-7-3-2-4-8-12;10-9(14)11-7-3-1-2-6(4-7)5-8(12)13;1-2/h2-10H,11H2,1H3;1-4H,5H2,(H,12,13)(H3,10,11,14);1-2H3. The van der Waals surface area contributed by atoms with E-state index >= 15 is 0 Å². The number of para-hydroxylation sites is 1. The van der Waals surface area contributed by atoms with Gasteiger partial charge in [-0.1, -0.05) is 74.5 Å². The second kappa shape index (κ2) is 13.3. The second-order valence-electron chi connectivity index (χ2n) is 7.26. The Hall–Kier alpha value is -4.46. The normalized spacial score (nSPS) is 11.9. The number of aliphatic carboxylic acids is 1. The molecule has 4 rings (SSSR count). The summed E-state index contributed by atoms with van der Waals surface area (Å²) in [5, 5.41) is 10.9. The molecule has 0 spiro atoms. The highest BCUT2D eigenvalue weighted by atomic mass is 16.4. The van der Waals surface area contributed by atoms with Crippen LogP contribution in [0, 0.1) is 0 Å². The smallest absolute Gasteiger partial charge is 0.316 e. The molecule has 1 aliphatic rings. The third-order valence-electron chi connectivity index (χ3n) is 4.86. The van der Waals surface area contributed by atoms with Gasteiger partial charge in [-0.25, -0.2) is 4.79 Å². The summed E-state index contributed by atoms with van der Waals surface area (Å²) in [4.78, 5) is 39.0. The van der Waals surface area contributed by atoms with Crippen LogP contribution >= 0.6 is 0 Å². The van der Waals surface area contributed by atoms with E-state index in [1.807, 2.05) is 68.4 Å². The molecule has 8 nitrogen and oxygen atoms in total. The van der Waals surface area contributed by atoms with Crippen LogP contribution in [-0.2, 0) is 16.0 Å². The Kier molecular flexibility index (Phi) is 10.2. The fourth-order valence-electron chi connectivity index (χ4n) is 3.36. The molecule has 182 valence electrons. The molecule has 3 amide bonds. The van der Waals surface area contributed by atoms with E-state index in [4.69, 9.17) is 10.8 Å². The van der Waals surface area contributed by atoms with Crippen molar-refractivity contribution in [3.63, 3.8) is 0 Å². The number of nitrogens with zero attached hydrogens (tertiary/aromatic N) is 2. The molecule has 8 heteroatoms. The predicted octanol–water partition coefficient (Wildman–Crippen LogP) is 4.33. The quantitative estimate of drug-likeness (QED) is 0.520. The molecular formula is C27H30N4O4. The number of rotatable bonds is 4. The minimum Gasteiger partial charge on any atom is -0.481 e. The lowest BCUT2D eigenvalue weighted by Crippen LogP contribution is -2.27. The fraction of sp³-hybridized carbons (Fsp3) is 0.185. The zero-order valence-electron chi connectivity index (χ0n) is 20.1. The van der Waals surface area contributed by atoms with Gasteiger partial charge in [-0.15, -0.1) is 0 Å². The summed E-state index contributed by atoms with van der Waals surface area (Å²) < 4.78 is 0. The maximum absolute atomic E-state index is 12.0. The third kappa shape index (κ3) is 7.82. The number of hydrogen-bond donors (Lipinski definition) is 3. The van der Waals surface area contributed by atoms with Crippen LogP contribution in [0.3, 0.4) is 0 Å². The molecular weight excluding hydrogens is 444 g/mol. The fourth-order valence-corrected chi connectivity index (χ4v) is 3.36. The Morgan fingerprint density at radius 2 is 1.66 bits per heavy atom. The largest absolute Gasteiger partial charge is 0.481 e. The number of nitrogens with two attached hydrogens (primary N) is 1. The number of anilines is 2. The van der Waals surface area contributed by atoms with Crippen molar-refractivity contribution in [2.45, 2.75) is 20.3 Å². The maximum atomic E-state index is 12.0. The average molecular weight is 475 g/mol. The highest BCUT2D eigenvalue weighted by Gasteiger charge is 2.21. The first kappa shape index (κ1) is 26.8. The first-order valence-corrected chi connectivity index (χ1v) is 11.2. The van der Waals surface area contributed by atoms with Crippen molar-refractivity contribution >= 4 is 35.0 Å². The predicted molar refractivity (Wildman–Crippen MR) is 139 cm³/mol. The lowest BCUT2D eigenvalue weighted by molar-refractivity contribution is -0.136. The van der Waals surface area contributed by atoms with Crippen LogP contribution in [0.15, 0.2) is 83.9 Å². The first-order chi connectivity index (χ1) is 16.8. The molecule has 0 aromatic heterocycles.